The maximum atomic E-state index is 12.2. The summed E-state index contributed by atoms with van der Waals surface area (Å²) in [4.78, 5) is 1.00. The Morgan fingerprint density at radius 2 is 1.95 bits per heavy atom. The van der Waals surface area contributed by atoms with E-state index in [1.54, 1.807) is 7.05 Å². The van der Waals surface area contributed by atoms with E-state index in [1.165, 1.54) is 16.1 Å². The van der Waals surface area contributed by atoms with E-state index in [1.807, 2.05) is 38.1 Å². The molecular weight excluding hydrogens is 292 g/mol. The summed E-state index contributed by atoms with van der Waals surface area (Å²) >= 11 is 1.52. The average Bonchev–Trinajstić information content (AvgIpc) is 2.40. The number of thioether (sulfide) groups is 1. The molecule has 6 heteroatoms. The molecule has 0 aromatic heterocycles. The second-order valence-electron chi connectivity index (χ2n) is 4.72. The molecule has 0 bridgehead atoms. The number of hydrogen-bond donors (Lipinski definition) is 1. The molecule has 0 unspecified atom stereocenters. The molecule has 0 heterocycles. The minimum atomic E-state index is -3.18. The van der Waals surface area contributed by atoms with E-state index in [2.05, 4.69) is 0 Å². The van der Waals surface area contributed by atoms with E-state index in [0.717, 1.165) is 17.7 Å². The van der Waals surface area contributed by atoms with Crippen LogP contribution in [0.5, 0.6) is 0 Å². The van der Waals surface area contributed by atoms with Crippen LogP contribution in [0.1, 0.15) is 26.7 Å². The van der Waals surface area contributed by atoms with Gasteiger partial charge in [-0.3, -0.25) is 0 Å². The first kappa shape index (κ1) is 17.3. The van der Waals surface area contributed by atoms with Gasteiger partial charge in [-0.2, -0.15) is 0 Å². The highest BCUT2D eigenvalue weighted by Crippen LogP contribution is 2.21. The Morgan fingerprint density at radius 3 is 2.50 bits per heavy atom. The number of sulfonamides is 1. The Labute approximate surface area is 126 Å². The molecule has 114 valence electrons. The van der Waals surface area contributed by atoms with Crippen LogP contribution >= 0.6 is 11.8 Å². The van der Waals surface area contributed by atoms with Crippen molar-refractivity contribution >= 4 is 27.5 Å². The van der Waals surface area contributed by atoms with Gasteiger partial charge in [0, 0.05) is 29.4 Å². The van der Waals surface area contributed by atoms with Crippen LogP contribution in [0.4, 0.5) is 5.69 Å². The highest BCUT2D eigenvalue weighted by molar-refractivity contribution is 8.00. The topological polar surface area (TPSA) is 63.4 Å². The molecule has 0 fully saturated rings. The van der Waals surface area contributed by atoms with Crippen molar-refractivity contribution in [3.63, 3.8) is 0 Å². The second-order valence-corrected chi connectivity index (χ2v) is 8.04. The number of anilines is 1. The molecule has 0 aliphatic rings. The molecule has 0 spiro atoms. The number of hydrogen-bond acceptors (Lipinski definition) is 4. The summed E-state index contributed by atoms with van der Waals surface area (Å²) < 4.78 is 26.0. The number of rotatable bonds is 8. The summed E-state index contributed by atoms with van der Waals surface area (Å²) in [5, 5.41) is 0. The summed E-state index contributed by atoms with van der Waals surface area (Å²) in [7, 11) is -1.50. The summed E-state index contributed by atoms with van der Waals surface area (Å²) in [5.74, 6) is 0.690. The molecule has 0 aliphatic carbocycles. The largest absolute Gasteiger partial charge is 0.399 e. The monoisotopic (exact) mass is 316 g/mol. The van der Waals surface area contributed by atoms with E-state index in [0.29, 0.717) is 11.4 Å². The fraction of sp³-hybridized carbons (Fsp3) is 0.571. The third-order valence-electron chi connectivity index (χ3n) is 3.36. The van der Waals surface area contributed by atoms with E-state index in [9.17, 15) is 8.42 Å². The predicted molar refractivity (Wildman–Crippen MR) is 87.5 cm³/mol. The number of nitrogen functional groups attached to an aromatic ring is 1. The van der Waals surface area contributed by atoms with Gasteiger partial charge in [0.15, 0.2) is 0 Å². The van der Waals surface area contributed by atoms with Gasteiger partial charge in [-0.1, -0.05) is 19.9 Å². The Balaban J connectivity index is 2.55. The first-order valence-corrected chi connectivity index (χ1v) is 9.44. The molecule has 0 amide bonds. The lowest BCUT2D eigenvalue weighted by Crippen LogP contribution is -2.38. The molecule has 0 saturated heterocycles. The van der Waals surface area contributed by atoms with Gasteiger partial charge in [0.2, 0.25) is 10.0 Å². The third kappa shape index (κ3) is 5.00. The molecule has 2 N–H and O–H groups in total. The Morgan fingerprint density at radius 1 is 1.30 bits per heavy atom. The maximum absolute atomic E-state index is 12.2. The standard InChI is InChI=1S/C14H24N2O2S2/c1-4-13(5-2)16(3)20(17,18)10-9-19-14-8-6-7-12(15)11-14/h6-8,11,13H,4-5,9-10,15H2,1-3H3. The normalized spacial score (nSPS) is 12.2. The van der Waals surface area contributed by atoms with Crippen molar-refractivity contribution < 1.29 is 8.42 Å². The maximum Gasteiger partial charge on any atom is 0.214 e. The van der Waals surface area contributed by atoms with Gasteiger partial charge in [-0.25, -0.2) is 12.7 Å². The predicted octanol–water partition coefficient (Wildman–Crippen LogP) is 2.81. The molecule has 4 nitrogen and oxygen atoms in total. The van der Waals surface area contributed by atoms with Crippen molar-refractivity contribution in [2.75, 3.05) is 24.3 Å². The molecule has 1 aromatic carbocycles. The molecule has 0 atom stereocenters. The van der Waals surface area contributed by atoms with Gasteiger partial charge in [-0.15, -0.1) is 11.8 Å². The molecule has 0 aliphatic heterocycles. The fourth-order valence-electron chi connectivity index (χ4n) is 2.04. The van der Waals surface area contributed by atoms with E-state index in [4.69, 9.17) is 5.73 Å². The van der Waals surface area contributed by atoms with Crippen LogP contribution < -0.4 is 5.73 Å². The van der Waals surface area contributed by atoms with Crippen LogP contribution in [0.2, 0.25) is 0 Å². The van der Waals surface area contributed by atoms with Crippen molar-refractivity contribution in [1.82, 2.24) is 4.31 Å². The summed E-state index contributed by atoms with van der Waals surface area (Å²) in [6.45, 7) is 4.03. The zero-order valence-electron chi connectivity index (χ0n) is 12.4. The summed E-state index contributed by atoms with van der Waals surface area (Å²) in [5.41, 5.74) is 6.40. The molecule has 0 radical (unpaired) electrons. The average molecular weight is 316 g/mol. The first-order valence-electron chi connectivity index (χ1n) is 6.84. The van der Waals surface area contributed by atoms with Crippen LogP contribution in [0.15, 0.2) is 29.2 Å². The van der Waals surface area contributed by atoms with Crippen LogP contribution in [0, 0.1) is 0 Å². The van der Waals surface area contributed by atoms with Crippen LogP contribution in [0.3, 0.4) is 0 Å². The highest BCUT2D eigenvalue weighted by Gasteiger charge is 2.23. The van der Waals surface area contributed by atoms with Gasteiger partial charge in [0.05, 0.1) is 5.75 Å². The van der Waals surface area contributed by atoms with Crippen molar-refractivity contribution in [3.05, 3.63) is 24.3 Å². The van der Waals surface area contributed by atoms with E-state index < -0.39 is 10.0 Å². The molecular formula is C14H24N2O2S2. The van der Waals surface area contributed by atoms with E-state index in [-0.39, 0.29) is 11.8 Å². The highest BCUT2D eigenvalue weighted by atomic mass is 32.2. The number of nitrogens with zero attached hydrogens (tertiary/aromatic N) is 1. The van der Waals surface area contributed by atoms with E-state index >= 15 is 0 Å². The van der Waals surface area contributed by atoms with Gasteiger partial charge in [-0.05, 0) is 31.0 Å². The molecule has 20 heavy (non-hydrogen) atoms. The molecule has 1 rings (SSSR count). The van der Waals surface area contributed by atoms with Gasteiger partial charge in [0.25, 0.3) is 0 Å². The Bertz CT molecular complexity index is 514. The smallest absolute Gasteiger partial charge is 0.214 e. The summed E-state index contributed by atoms with van der Waals surface area (Å²) in [6, 6.07) is 7.60. The lowest BCUT2D eigenvalue weighted by molar-refractivity contribution is 0.350. The van der Waals surface area contributed by atoms with Crippen LogP contribution in [-0.2, 0) is 10.0 Å². The lowest BCUT2D eigenvalue weighted by Gasteiger charge is -2.25. The number of nitrogens with two attached hydrogens (primary N) is 1. The van der Waals surface area contributed by atoms with Crippen molar-refractivity contribution in [3.8, 4) is 0 Å². The van der Waals surface area contributed by atoms with Gasteiger partial charge < -0.3 is 5.73 Å². The molecule has 1 aromatic rings. The van der Waals surface area contributed by atoms with Crippen molar-refractivity contribution in [1.29, 1.82) is 0 Å². The second kappa shape index (κ2) is 7.90. The van der Waals surface area contributed by atoms with Gasteiger partial charge >= 0.3 is 0 Å². The molecule has 0 saturated carbocycles. The van der Waals surface area contributed by atoms with Crippen molar-refractivity contribution in [2.45, 2.75) is 37.6 Å². The van der Waals surface area contributed by atoms with Crippen LogP contribution in [-0.4, -0.2) is 37.3 Å². The fourth-order valence-corrected chi connectivity index (χ4v) is 4.89. The zero-order chi connectivity index (χ0) is 15.2. The zero-order valence-corrected chi connectivity index (χ0v) is 14.0. The lowest BCUT2D eigenvalue weighted by atomic mass is 10.2. The van der Waals surface area contributed by atoms with Crippen LogP contribution in [0.25, 0.3) is 0 Å². The minimum absolute atomic E-state index is 0.0948. The Hall–Kier alpha value is -0.720. The SMILES string of the molecule is CCC(CC)N(C)S(=O)(=O)CCSc1cccc(N)c1. The Kier molecular flexibility index (Phi) is 6.85. The van der Waals surface area contributed by atoms with Crippen molar-refractivity contribution in [2.24, 2.45) is 0 Å². The van der Waals surface area contributed by atoms with Gasteiger partial charge in [0.1, 0.15) is 0 Å². The first-order chi connectivity index (χ1) is 9.40. The summed E-state index contributed by atoms with van der Waals surface area (Å²) in [6.07, 6.45) is 1.68. The number of benzene rings is 1. The quantitative estimate of drug-likeness (QED) is 0.592. The minimum Gasteiger partial charge on any atom is -0.399 e. The third-order valence-corrected chi connectivity index (χ3v) is 6.51.